The van der Waals surface area contributed by atoms with Crippen LogP contribution in [-0.2, 0) is 22.5 Å². The first kappa shape index (κ1) is 28.0. The van der Waals surface area contributed by atoms with E-state index < -0.39 is 17.9 Å². The van der Waals surface area contributed by atoms with Crippen LogP contribution in [0.4, 0.5) is 14.6 Å². The minimum atomic E-state index is -1.33. The number of ether oxygens (including phenoxy) is 2. The van der Waals surface area contributed by atoms with Gasteiger partial charge >= 0.3 is 0 Å². The molecule has 4 heterocycles. The van der Waals surface area contributed by atoms with E-state index in [2.05, 4.69) is 4.90 Å². The molecule has 0 radical (unpaired) electrons. The lowest BCUT2D eigenvalue weighted by molar-refractivity contribution is -0.129. The van der Waals surface area contributed by atoms with Gasteiger partial charge in [-0.25, -0.2) is 23.7 Å². The van der Waals surface area contributed by atoms with E-state index in [1.807, 2.05) is 32.0 Å². The van der Waals surface area contributed by atoms with Crippen molar-refractivity contribution in [2.75, 3.05) is 24.5 Å². The molecule has 1 amide bonds. The maximum atomic E-state index is 14.4. The molecule has 5 rings (SSSR count). The summed E-state index contributed by atoms with van der Waals surface area (Å²) in [6, 6.07) is 5.61. The van der Waals surface area contributed by atoms with Crippen LogP contribution in [-0.4, -0.2) is 63.8 Å². The lowest BCUT2D eigenvalue weighted by Crippen LogP contribution is -2.36. The second kappa shape index (κ2) is 11.9. The number of amides is 1. The predicted molar refractivity (Wildman–Crippen MR) is 148 cm³/mol. The highest BCUT2D eigenvalue weighted by Gasteiger charge is 2.29. The number of carbonyl (C=O) groups excluding carboxylic acids is 1. The Bertz CT molecular complexity index is 1310. The summed E-state index contributed by atoms with van der Waals surface area (Å²) in [6.45, 7) is 9.56. The summed E-state index contributed by atoms with van der Waals surface area (Å²) in [5.41, 5.74) is 2.96. The Balaban J connectivity index is 1.43. The van der Waals surface area contributed by atoms with E-state index in [9.17, 15) is 13.6 Å². The Morgan fingerprint density at radius 3 is 2.67 bits per heavy atom. The van der Waals surface area contributed by atoms with Crippen LogP contribution in [0.2, 0.25) is 0 Å². The number of rotatable bonds is 6. The molecule has 8 nitrogen and oxygen atoms in total. The third kappa shape index (κ3) is 6.26. The second-order valence-electron chi connectivity index (χ2n) is 11.0. The first-order chi connectivity index (χ1) is 19.2. The molecular weight excluding hydrogens is 516 g/mol. The molecule has 0 bridgehead atoms. The lowest BCUT2D eigenvalue weighted by atomic mass is 9.99. The molecule has 2 aliphatic heterocycles. The average Bonchev–Trinajstić information content (AvgIpc) is 3.16. The van der Waals surface area contributed by atoms with Crippen LogP contribution in [0.25, 0.3) is 11.4 Å². The van der Waals surface area contributed by atoms with E-state index >= 15 is 0 Å². The Morgan fingerprint density at radius 2 is 1.90 bits per heavy atom. The molecule has 0 saturated carbocycles. The van der Waals surface area contributed by atoms with Crippen LogP contribution < -0.4 is 9.64 Å². The quantitative estimate of drug-likeness (QED) is 0.478. The van der Waals surface area contributed by atoms with Crippen molar-refractivity contribution in [1.29, 1.82) is 0 Å². The van der Waals surface area contributed by atoms with Gasteiger partial charge < -0.3 is 19.3 Å². The maximum Gasteiger partial charge on any atom is 0.219 e. The summed E-state index contributed by atoms with van der Waals surface area (Å²) in [5.74, 6) is 0.332. The number of aromatic nitrogens is 3. The minimum Gasteiger partial charge on any atom is -0.488 e. The predicted octanol–water partition coefficient (Wildman–Crippen LogP) is 5.33. The normalized spacial score (nSPS) is 23.2. The highest BCUT2D eigenvalue weighted by Crippen LogP contribution is 2.34. The molecule has 3 atom stereocenters. The van der Waals surface area contributed by atoms with Crippen LogP contribution in [0.3, 0.4) is 0 Å². The number of anilines is 1. The van der Waals surface area contributed by atoms with Crippen molar-refractivity contribution in [2.24, 2.45) is 5.92 Å². The molecule has 2 unspecified atom stereocenters. The molecule has 40 heavy (non-hydrogen) atoms. The number of carbonyl (C=O) groups is 1. The van der Waals surface area contributed by atoms with Gasteiger partial charge in [0.15, 0.2) is 17.4 Å². The standard InChI is InChI=1S/C30H37F2N5O3/c1-18(2)39-28-9-5-8-25(33-28)29-30(35-24-11-14-37(20(4)38)17-26(24)34-29)36-12-6-7-21(10-13-36)40-27-15-19(3)22(31)16-23(27)32/h5,8-9,15-16,18-19,21-22H,6-7,10-14,17H2,1-4H3/t19?,21?,22-/m0/s1. The largest absolute Gasteiger partial charge is 0.488 e. The lowest BCUT2D eigenvalue weighted by Gasteiger charge is -2.30. The van der Waals surface area contributed by atoms with Gasteiger partial charge in [-0.3, -0.25) is 4.79 Å². The van der Waals surface area contributed by atoms with E-state index in [1.165, 1.54) is 6.08 Å². The molecule has 10 heteroatoms. The summed E-state index contributed by atoms with van der Waals surface area (Å²) in [6.07, 6.45) is 3.81. The number of allylic oxidation sites excluding steroid dienone is 3. The van der Waals surface area contributed by atoms with Gasteiger partial charge in [-0.05, 0) is 44.9 Å². The van der Waals surface area contributed by atoms with Crippen molar-refractivity contribution in [3.8, 4) is 17.3 Å². The summed E-state index contributed by atoms with van der Waals surface area (Å²) < 4.78 is 40.2. The summed E-state index contributed by atoms with van der Waals surface area (Å²) in [7, 11) is 0. The minimum absolute atomic E-state index is 0.0119. The molecule has 2 aromatic heterocycles. The monoisotopic (exact) mass is 553 g/mol. The molecule has 3 aliphatic rings. The Kier molecular flexibility index (Phi) is 8.32. The third-order valence-corrected chi connectivity index (χ3v) is 7.49. The average molecular weight is 554 g/mol. The number of alkyl halides is 1. The van der Waals surface area contributed by atoms with E-state index in [-0.39, 0.29) is 23.9 Å². The van der Waals surface area contributed by atoms with Crippen molar-refractivity contribution in [3.63, 3.8) is 0 Å². The first-order valence-corrected chi connectivity index (χ1v) is 14.1. The molecule has 0 aromatic carbocycles. The maximum absolute atomic E-state index is 14.4. The zero-order valence-electron chi connectivity index (χ0n) is 23.6. The summed E-state index contributed by atoms with van der Waals surface area (Å²) >= 11 is 0. The molecular formula is C30H37F2N5O3. The van der Waals surface area contributed by atoms with Crippen molar-refractivity contribution < 1.29 is 23.0 Å². The number of fused-ring (bicyclic) bond motifs is 1. The van der Waals surface area contributed by atoms with Gasteiger partial charge in [0.05, 0.1) is 29.7 Å². The first-order valence-electron chi connectivity index (χ1n) is 14.1. The molecule has 0 N–H and O–H groups in total. The van der Waals surface area contributed by atoms with Gasteiger partial charge in [-0.1, -0.05) is 13.0 Å². The number of hydrogen-bond donors (Lipinski definition) is 0. The molecule has 1 aliphatic carbocycles. The van der Waals surface area contributed by atoms with Crippen LogP contribution in [0.5, 0.6) is 5.88 Å². The van der Waals surface area contributed by atoms with Gasteiger partial charge in [0.1, 0.15) is 18.0 Å². The van der Waals surface area contributed by atoms with Crippen molar-refractivity contribution >= 4 is 11.7 Å². The molecule has 2 aromatic rings. The molecule has 1 saturated heterocycles. The summed E-state index contributed by atoms with van der Waals surface area (Å²) in [5, 5.41) is 0. The van der Waals surface area contributed by atoms with Crippen LogP contribution >= 0.6 is 0 Å². The van der Waals surface area contributed by atoms with Gasteiger partial charge in [-0.2, -0.15) is 0 Å². The highest BCUT2D eigenvalue weighted by molar-refractivity contribution is 5.74. The van der Waals surface area contributed by atoms with Gasteiger partial charge in [0.2, 0.25) is 11.8 Å². The Labute approximate surface area is 234 Å². The van der Waals surface area contributed by atoms with Gasteiger partial charge in [-0.15, -0.1) is 0 Å². The van der Waals surface area contributed by atoms with Crippen molar-refractivity contribution in [2.45, 2.75) is 78.3 Å². The van der Waals surface area contributed by atoms with E-state index in [4.69, 9.17) is 24.4 Å². The fraction of sp³-hybridized carbons (Fsp3) is 0.533. The second-order valence-corrected chi connectivity index (χ2v) is 11.0. The van der Waals surface area contributed by atoms with Crippen molar-refractivity contribution in [3.05, 3.63) is 53.3 Å². The Hall–Kier alpha value is -3.56. The SMILES string of the molecule is CC(=O)N1CCc2nc(N3CCCC(OC4=CC(C)[C@@H](F)C=C4F)CC3)c(-c3cccc(OC(C)C)n3)nc2C1. The van der Waals surface area contributed by atoms with Gasteiger partial charge in [0.25, 0.3) is 0 Å². The Morgan fingerprint density at radius 1 is 1.07 bits per heavy atom. The smallest absolute Gasteiger partial charge is 0.219 e. The third-order valence-electron chi connectivity index (χ3n) is 7.49. The zero-order valence-corrected chi connectivity index (χ0v) is 23.6. The number of pyridine rings is 1. The fourth-order valence-corrected chi connectivity index (χ4v) is 5.29. The topological polar surface area (TPSA) is 80.7 Å². The van der Waals surface area contributed by atoms with Crippen LogP contribution in [0.1, 0.15) is 58.3 Å². The van der Waals surface area contributed by atoms with Crippen LogP contribution in [0, 0.1) is 5.92 Å². The van der Waals surface area contributed by atoms with E-state index in [1.54, 1.807) is 18.7 Å². The zero-order chi connectivity index (χ0) is 28.4. The van der Waals surface area contributed by atoms with E-state index in [0.29, 0.717) is 49.7 Å². The fourth-order valence-electron chi connectivity index (χ4n) is 5.29. The van der Waals surface area contributed by atoms with Crippen molar-refractivity contribution in [1.82, 2.24) is 19.9 Å². The number of nitrogens with zero attached hydrogens (tertiary/aromatic N) is 5. The molecule has 214 valence electrons. The van der Waals surface area contributed by atoms with Crippen LogP contribution in [0.15, 0.2) is 41.9 Å². The molecule has 1 fully saturated rings. The highest BCUT2D eigenvalue weighted by atomic mass is 19.1. The number of halogens is 2. The van der Waals surface area contributed by atoms with Gasteiger partial charge in [0, 0.05) is 51.4 Å². The number of hydrogen-bond acceptors (Lipinski definition) is 7. The summed E-state index contributed by atoms with van der Waals surface area (Å²) in [4.78, 5) is 30.9. The molecule has 0 spiro atoms. The van der Waals surface area contributed by atoms with E-state index in [0.717, 1.165) is 42.7 Å².